The van der Waals surface area contributed by atoms with Gasteiger partial charge in [-0.05, 0) is 61.8 Å². The fourth-order valence-corrected chi connectivity index (χ4v) is 3.93. The number of hydrogen-bond acceptors (Lipinski definition) is 6. The Bertz CT molecular complexity index is 856. The van der Waals surface area contributed by atoms with E-state index < -0.39 is 0 Å². The molecule has 142 valence electrons. The summed E-state index contributed by atoms with van der Waals surface area (Å²) >= 11 is 1.25. The summed E-state index contributed by atoms with van der Waals surface area (Å²) in [6, 6.07) is 14.6. The van der Waals surface area contributed by atoms with Crippen LogP contribution in [-0.2, 0) is 13.0 Å². The Morgan fingerprint density at radius 2 is 1.67 bits per heavy atom. The van der Waals surface area contributed by atoms with Crippen molar-refractivity contribution in [3.63, 3.8) is 0 Å². The first kappa shape index (κ1) is 18.3. The van der Waals surface area contributed by atoms with Gasteiger partial charge in [-0.2, -0.15) is 8.75 Å². The lowest BCUT2D eigenvalue weighted by Crippen LogP contribution is -2.44. The van der Waals surface area contributed by atoms with Gasteiger partial charge >= 0.3 is 0 Å². The summed E-state index contributed by atoms with van der Waals surface area (Å²) in [5.74, 6) is 0.911. The molecule has 1 aliphatic rings. The molecule has 1 aromatic heterocycles. The molecule has 27 heavy (non-hydrogen) atoms. The second kappa shape index (κ2) is 8.78. The number of benzene rings is 2. The van der Waals surface area contributed by atoms with E-state index in [0.29, 0.717) is 6.61 Å². The van der Waals surface area contributed by atoms with Crippen LogP contribution in [0, 0.1) is 0 Å². The number of nitrogens with zero attached hydrogens (tertiary/aromatic N) is 4. The third kappa shape index (κ3) is 5.03. The monoisotopic (exact) mass is 382 g/mol. The summed E-state index contributed by atoms with van der Waals surface area (Å²) in [6.07, 6.45) is 2.34. The molecule has 5 nitrogen and oxygen atoms in total. The van der Waals surface area contributed by atoms with Crippen LogP contribution in [0.1, 0.15) is 17.5 Å². The summed E-state index contributed by atoms with van der Waals surface area (Å²) in [5, 5.41) is 0. The molecule has 0 spiro atoms. The second-order valence-corrected chi connectivity index (χ2v) is 7.80. The van der Waals surface area contributed by atoms with Gasteiger partial charge in [-0.3, -0.25) is 0 Å². The average Bonchev–Trinajstić information content (AvgIpc) is 3.17. The number of aryl methyl sites for hydroxylation is 1. The second-order valence-electron chi connectivity index (χ2n) is 7.27. The third-order valence-corrected chi connectivity index (χ3v) is 5.74. The van der Waals surface area contributed by atoms with Gasteiger partial charge in [0.25, 0.3) is 0 Å². The van der Waals surface area contributed by atoms with E-state index in [1.54, 1.807) is 0 Å². The summed E-state index contributed by atoms with van der Waals surface area (Å²) in [7, 11) is 2.20. The van der Waals surface area contributed by atoms with Crippen molar-refractivity contribution in [1.82, 2.24) is 18.5 Å². The lowest BCUT2D eigenvalue weighted by molar-refractivity contribution is 0.153. The van der Waals surface area contributed by atoms with E-state index in [4.69, 9.17) is 4.74 Å². The van der Waals surface area contributed by atoms with E-state index in [-0.39, 0.29) is 0 Å². The molecule has 2 heterocycles. The van der Waals surface area contributed by atoms with Crippen LogP contribution in [0.2, 0.25) is 0 Å². The highest BCUT2D eigenvalue weighted by Crippen LogP contribution is 2.18. The van der Waals surface area contributed by atoms with Crippen LogP contribution in [0.5, 0.6) is 5.75 Å². The number of ether oxygens (including phenoxy) is 1. The Labute approximate surface area is 164 Å². The van der Waals surface area contributed by atoms with Gasteiger partial charge in [0.15, 0.2) is 0 Å². The molecule has 0 unspecified atom stereocenters. The average molecular weight is 383 g/mol. The van der Waals surface area contributed by atoms with E-state index >= 15 is 0 Å². The van der Waals surface area contributed by atoms with Crippen molar-refractivity contribution in [1.29, 1.82) is 0 Å². The Balaban J connectivity index is 1.22. The number of likely N-dealkylation sites (N-methyl/N-ethyl adjacent to an activating group) is 1. The maximum absolute atomic E-state index is 5.92. The molecule has 3 aromatic rings. The van der Waals surface area contributed by atoms with Crippen LogP contribution < -0.4 is 4.74 Å². The summed E-state index contributed by atoms with van der Waals surface area (Å²) in [5.41, 5.74) is 4.39. The Morgan fingerprint density at radius 3 is 2.48 bits per heavy atom. The van der Waals surface area contributed by atoms with Gasteiger partial charge in [-0.15, -0.1) is 0 Å². The van der Waals surface area contributed by atoms with Crippen molar-refractivity contribution in [3.05, 3.63) is 53.6 Å². The highest BCUT2D eigenvalue weighted by atomic mass is 32.1. The molecular formula is C21H26N4OS. The van der Waals surface area contributed by atoms with Crippen molar-refractivity contribution >= 4 is 22.8 Å². The number of piperazine rings is 1. The van der Waals surface area contributed by atoms with Gasteiger partial charge in [-0.1, -0.05) is 18.2 Å². The van der Waals surface area contributed by atoms with Crippen LogP contribution >= 0.6 is 11.7 Å². The molecule has 0 saturated carbocycles. The molecule has 4 rings (SSSR count). The first-order valence-corrected chi connectivity index (χ1v) is 10.3. The van der Waals surface area contributed by atoms with E-state index in [9.17, 15) is 0 Å². The normalized spacial score (nSPS) is 16.0. The zero-order chi connectivity index (χ0) is 18.5. The molecule has 1 fully saturated rings. The van der Waals surface area contributed by atoms with E-state index in [1.165, 1.54) is 56.4 Å². The third-order valence-electron chi connectivity index (χ3n) is 5.18. The minimum atomic E-state index is 0.552. The number of aromatic nitrogens is 2. The molecule has 6 heteroatoms. The Morgan fingerprint density at radius 1 is 0.926 bits per heavy atom. The predicted octanol–water partition coefficient (Wildman–Crippen LogP) is 3.45. The predicted molar refractivity (Wildman–Crippen MR) is 110 cm³/mol. The topological polar surface area (TPSA) is 41.5 Å². The minimum Gasteiger partial charge on any atom is -0.489 e. The van der Waals surface area contributed by atoms with Gasteiger partial charge in [-0.25, -0.2) is 0 Å². The first-order valence-electron chi connectivity index (χ1n) is 9.60. The quantitative estimate of drug-likeness (QED) is 0.626. The van der Waals surface area contributed by atoms with Crippen LogP contribution in [0.25, 0.3) is 11.0 Å². The Hall–Kier alpha value is -2.02. The standard InChI is InChI=1S/C21H26N4OS/c1-24-11-13-25(14-12-24)10-2-3-17-4-7-19(8-5-17)26-16-18-6-9-20-21(15-18)23-27-22-20/h4-9,15H,2-3,10-14,16H2,1H3. The largest absolute Gasteiger partial charge is 0.489 e. The van der Waals surface area contributed by atoms with Crippen molar-refractivity contribution in [2.24, 2.45) is 0 Å². The highest BCUT2D eigenvalue weighted by molar-refractivity contribution is 7.00. The van der Waals surface area contributed by atoms with Crippen LogP contribution in [0.3, 0.4) is 0 Å². The van der Waals surface area contributed by atoms with Gasteiger partial charge in [0.05, 0.1) is 11.7 Å². The molecule has 0 atom stereocenters. The smallest absolute Gasteiger partial charge is 0.119 e. The lowest BCUT2D eigenvalue weighted by Gasteiger charge is -2.32. The van der Waals surface area contributed by atoms with E-state index in [1.807, 2.05) is 12.1 Å². The SMILES string of the molecule is CN1CCN(CCCc2ccc(OCc3ccc4nsnc4c3)cc2)CC1. The molecule has 0 radical (unpaired) electrons. The van der Waals surface area contributed by atoms with Gasteiger partial charge in [0, 0.05) is 26.2 Å². The van der Waals surface area contributed by atoms with Gasteiger partial charge in [0.1, 0.15) is 23.4 Å². The van der Waals surface area contributed by atoms with E-state index in [0.717, 1.165) is 28.8 Å². The molecule has 1 aliphatic heterocycles. The van der Waals surface area contributed by atoms with Crippen molar-refractivity contribution in [2.45, 2.75) is 19.4 Å². The fraction of sp³-hybridized carbons (Fsp3) is 0.429. The van der Waals surface area contributed by atoms with Gasteiger partial charge < -0.3 is 14.5 Å². The number of rotatable bonds is 7. The molecule has 2 aromatic carbocycles. The first-order chi connectivity index (χ1) is 13.3. The van der Waals surface area contributed by atoms with Crippen LogP contribution in [0.4, 0.5) is 0 Å². The number of hydrogen-bond donors (Lipinski definition) is 0. The van der Waals surface area contributed by atoms with Crippen molar-refractivity contribution in [3.8, 4) is 5.75 Å². The Kier molecular flexibility index (Phi) is 5.97. The van der Waals surface area contributed by atoms with Crippen LogP contribution in [0.15, 0.2) is 42.5 Å². The van der Waals surface area contributed by atoms with Gasteiger partial charge in [0.2, 0.25) is 0 Å². The summed E-state index contributed by atoms with van der Waals surface area (Å²) < 4.78 is 14.4. The highest BCUT2D eigenvalue weighted by Gasteiger charge is 2.12. The fourth-order valence-electron chi connectivity index (χ4n) is 3.41. The maximum Gasteiger partial charge on any atom is 0.119 e. The maximum atomic E-state index is 5.92. The zero-order valence-corrected chi connectivity index (χ0v) is 16.6. The molecule has 0 aliphatic carbocycles. The lowest BCUT2D eigenvalue weighted by atomic mass is 10.1. The summed E-state index contributed by atoms with van der Waals surface area (Å²) in [6.45, 7) is 6.53. The van der Waals surface area contributed by atoms with Crippen LogP contribution in [-0.4, -0.2) is 58.3 Å². The zero-order valence-electron chi connectivity index (χ0n) is 15.8. The molecule has 0 amide bonds. The summed E-state index contributed by atoms with van der Waals surface area (Å²) in [4.78, 5) is 4.98. The van der Waals surface area contributed by atoms with Crippen molar-refractivity contribution < 1.29 is 4.74 Å². The molecule has 0 bridgehead atoms. The minimum absolute atomic E-state index is 0.552. The molecule has 0 N–H and O–H groups in total. The molecular weight excluding hydrogens is 356 g/mol. The van der Waals surface area contributed by atoms with E-state index in [2.05, 4.69) is 55.9 Å². The van der Waals surface area contributed by atoms with Crippen molar-refractivity contribution in [2.75, 3.05) is 39.8 Å². The molecule has 1 saturated heterocycles. The number of fused-ring (bicyclic) bond motifs is 1.